The first-order valence-corrected chi connectivity index (χ1v) is 8.10. The van der Waals surface area contributed by atoms with Crippen molar-refractivity contribution in [1.82, 2.24) is 19.9 Å². The van der Waals surface area contributed by atoms with Crippen molar-refractivity contribution in [1.29, 1.82) is 0 Å². The minimum atomic E-state index is -0.816. The van der Waals surface area contributed by atoms with Gasteiger partial charge in [0.2, 0.25) is 0 Å². The molecule has 6 heteroatoms. The van der Waals surface area contributed by atoms with Gasteiger partial charge < -0.3 is 0 Å². The highest BCUT2D eigenvalue weighted by molar-refractivity contribution is 5.53. The number of aromatic nitrogens is 3. The van der Waals surface area contributed by atoms with E-state index >= 15 is 0 Å². The average Bonchev–Trinajstić information content (AvgIpc) is 2.65. The smallest absolute Gasteiger partial charge is 0.160 e. The fourth-order valence-electron chi connectivity index (χ4n) is 3.04. The molecule has 126 valence electrons. The van der Waals surface area contributed by atoms with Gasteiger partial charge in [-0.25, -0.2) is 18.7 Å². The van der Waals surface area contributed by atoms with E-state index in [2.05, 4.69) is 19.9 Å². The SMILES string of the molecule is Fc1ccc(CN2CCc3nc(-c4cccnc4)ncc3C2)cc1F. The van der Waals surface area contributed by atoms with Crippen molar-refractivity contribution >= 4 is 0 Å². The maximum Gasteiger partial charge on any atom is 0.160 e. The Hall–Kier alpha value is -2.73. The number of fused-ring (bicyclic) bond motifs is 1. The summed E-state index contributed by atoms with van der Waals surface area (Å²) in [5.41, 5.74) is 3.77. The summed E-state index contributed by atoms with van der Waals surface area (Å²) in [4.78, 5) is 15.4. The zero-order valence-electron chi connectivity index (χ0n) is 13.5. The molecular formula is C19H16F2N4. The van der Waals surface area contributed by atoms with Crippen LogP contribution in [0.1, 0.15) is 16.8 Å². The van der Waals surface area contributed by atoms with Gasteiger partial charge in [0.15, 0.2) is 17.5 Å². The molecule has 4 nitrogen and oxygen atoms in total. The molecule has 0 amide bonds. The normalized spacial score (nSPS) is 14.3. The summed E-state index contributed by atoms with van der Waals surface area (Å²) >= 11 is 0. The van der Waals surface area contributed by atoms with E-state index in [1.165, 1.54) is 12.1 Å². The standard InChI is InChI=1S/C19H16F2N4/c20-16-4-3-13(8-17(16)21)11-25-7-5-18-15(12-25)10-23-19(24-18)14-2-1-6-22-9-14/h1-4,6,8-10H,5,7,11-12H2. The van der Waals surface area contributed by atoms with Crippen LogP contribution in [0.15, 0.2) is 48.9 Å². The Morgan fingerprint density at radius 2 is 2.00 bits per heavy atom. The van der Waals surface area contributed by atoms with Gasteiger partial charge in [0, 0.05) is 55.8 Å². The van der Waals surface area contributed by atoms with E-state index in [0.717, 1.165) is 35.3 Å². The molecule has 0 saturated heterocycles. The van der Waals surface area contributed by atoms with Crippen LogP contribution >= 0.6 is 0 Å². The van der Waals surface area contributed by atoms with E-state index in [-0.39, 0.29) is 0 Å². The van der Waals surface area contributed by atoms with Crippen LogP contribution < -0.4 is 0 Å². The van der Waals surface area contributed by atoms with Gasteiger partial charge in [-0.3, -0.25) is 9.88 Å². The number of nitrogens with zero attached hydrogens (tertiary/aromatic N) is 4. The molecule has 1 aliphatic heterocycles. The van der Waals surface area contributed by atoms with Crippen LogP contribution in [0.25, 0.3) is 11.4 Å². The molecule has 25 heavy (non-hydrogen) atoms. The fraction of sp³-hybridized carbons (Fsp3) is 0.211. The van der Waals surface area contributed by atoms with E-state index < -0.39 is 11.6 Å². The first-order chi connectivity index (χ1) is 12.2. The molecule has 3 heterocycles. The van der Waals surface area contributed by atoms with Gasteiger partial charge >= 0.3 is 0 Å². The Kier molecular flexibility index (Phi) is 4.19. The second-order valence-corrected chi connectivity index (χ2v) is 6.12. The lowest BCUT2D eigenvalue weighted by Gasteiger charge is -2.28. The molecular weight excluding hydrogens is 322 g/mol. The summed E-state index contributed by atoms with van der Waals surface area (Å²) in [5, 5.41) is 0. The predicted molar refractivity (Wildman–Crippen MR) is 89.4 cm³/mol. The Morgan fingerprint density at radius 3 is 2.80 bits per heavy atom. The molecule has 0 N–H and O–H groups in total. The van der Waals surface area contributed by atoms with Gasteiger partial charge in [0.25, 0.3) is 0 Å². The number of hydrogen-bond donors (Lipinski definition) is 0. The van der Waals surface area contributed by atoms with Gasteiger partial charge in [-0.1, -0.05) is 6.07 Å². The lowest BCUT2D eigenvalue weighted by atomic mass is 10.1. The number of rotatable bonds is 3. The fourth-order valence-corrected chi connectivity index (χ4v) is 3.04. The van der Waals surface area contributed by atoms with Crippen LogP contribution in [0, 0.1) is 11.6 Å². The van der Waals surface area contributed by atoms with Crippen molar-refractivity contribution in [3.8, 4) is 11.4 Å². The van der Waals surface area contributed by atoms with Crippen LogP contribution in [0.2, 0.25) is 0 Å². The zero-order chi connectivity index (χ0) is 17.2. The molecule has 0 spiro atoms. The van der Waals surface area contributed by atoms with Gasteiger partial charge in [0.1, 0.15) is 0 Å². The highest BCUT2D eigenvalue weighted by Crippen LogP contribution is 2.22. The quantitative estimate of drug-likeness (QED) is 0.734. The predicted octanol–water partition coefficient (Wildman–Crippen LogP) is 3.38. The molecule has 0 saturated carbocycles. The summed E-state index contributed by atoms with van der Waals surface area (Å²) in [6, 6.07) is 7.85. The molecule has 0 radical (unpaired) electrons. The number of hydrogen-bond acceptors (Lipinski definition) is 4. The topological polar surface area (TPSA) is 41.9 Å². The van der Waals surface area contributed by atoms with Crippen molar-refractivity contribution in [2.24, 2.45) is 0 Å². The van der Waals surface area contributed by atoms with Crippen molar-refractivity contribution in [2.45, 2.75) is 19.5 Å². The molecule has 0 atom stereocenters. The minimum Gasteiger partial charge on any atom is -0.294 e. The molecule has 0 unspecified atom stereocenters. The average molecular weight is 338 g/mol. The largest absolute Gasteiger partial charge is 0.294 e. The number of halogens is 2. The lowest BCUT2D eigenvalue weighted by molar-refractivity contribution is 0.242. The summed E-state index contributed by atoms with van der Waals surface area (Å²) < 4.78 is 26.4. The first kappa shape index (κ1) is 15.8. The Labute approximate surface area is 144 Å². The van der Waals surface area contributed by atoms with Gasteiger partial charge in [-0.15, -0.1) is 0 Å². The van der Waals surface area contributed by atoms with E-state index in [9.17, 15) is 8.78 Å². The molecule has 0 fully saturated rings. The highest BCUT2D eigenvalue weighted by atomic mass is 19.2. The second-order valence-electron chi connectivity index (χ2n) is 6.12. The highest BCUT2D eigenvalue weighted by Gasteiger charge is 2.19. The number of pyridine rings is 1. The first-order valence-electron chi connectivity index (χ1n) is 8.10. The van der Waals surface area contributed by atoms with Crippen molar-refractivity contribution in [2.75, 3.05) is 6.54 Å². The van der Waals surface area contributed by atoms with E-state index in [0.29, 0.717) is 18.9 Å². The Morgan fingerprint density at radius 1 is 1.08 bits per heavy atom. The summed E-state index contributed by atoms with van der Waals surface area (Å²) in [6.07, 6.45) is 6.12. The summed E-state index contributed by atoms with van der Waals surface area (Å²) in [5.74, 6) is -0.940. The minimum absolute atomic E-state index is 0.570. The lowest BCUT2D eigenvalue weighted by Crippen LogP contribution is -2.31. The van der Waals surface area contributed by atoms with Gasteiger partial charge in [-0.2, -0.15) is 0 Å². The van der Waals surface area contributed by atoms with Crippen LogP contribution in [-0.2, 0) is 19.5 Å². The third kappa shape index (κ3) is 3.39. The molecule has 4 rings (SSSR count). The van der Waals surface area contributed by atoms with E-state index in [4.69, 9.17) is 0 Å². The monoisotopic (exact) mass is 338 g/mol. The van der Waals surface area contributed by atoms with E-state index in [1.807, 2.05) is 18.3 Å². The third-order valence-electron chi connectivity index (χ3n) is 4.32. The van der Waals surface area contributed by atoms with Crippen LogP contribution in [-0.4, -0.2) is 26.4 Å². The molecule has 0 bridgehead atoms. The maximum absolute atomic E-state index is 13.4. The van der Waals surface area contributed by atoms with Gasteiger partial charge in [0.05, 0.1) is 5.69 Å². The van der Waals surface area contributed by atoms with Crippen LogP contribution in [0.3, 0.4) is 0 Å². The Bertz CT molecular complexity index is 899. The Balaban J connectivity index is 1.51. The second kappa shape index (κ2) is 6.64. The molecule has 2 aromatic heterocycles. The molecule has 1 aromatic carbocycles. The summed E-state index contributed by atoms with van der Waals surface area (Å²) in [7, 11) is 0. The van der Waals surface area contributed by atoms with Crippen molar-refractivity contribution < 1.29 is 8.78 Å². The van der Waals surface area contributed by atoms with E-state index in [1.54, 1.807) is 18.5 Å². The number of benzene rings is 1. The molecule has 3 aromatic rings. The molecule has 0 aliphatic carbocycles. The maximum atomic E-state index is 13.4. The molecule has 1 aliphatic rings. The van der Waals surface area contributed by atoms with Crippen molar-refractivity contribution in [3.63, 3.8) is 0 Å². The van der Waals surface area contributed by atoms with Crippen molar-refractivity contribution in [3.05, 3.63) is 77.4 Å². The summed E-state index contributed by atoms with van der Waals surface area (Å²) in [6.45, 7) is 2.08. The van der Waals surface area contributed by atoms with Gasteiger partial charge in [-0.05, 0) is 29.8 Å². The zero-order valence-corrected chi connectivity index (χ0v) is 13.5. The third-order valence-corrected chi connectivity index (χ3v) is 4.32. The van der Waals surface area contributed by atoms with Crippen LogP contribution in [0.4, 0.5) is 8.78 Å². The van der Waals surface area contributed by atoms with Crippen LogP contribution in [0.5, 0.6) is 0 Å².